The number of hydrogen-bond acceptors (Lipinski definition) is 3. The molecule has 3 heteroatoms. The van der Waals surface area contributed by atoms with Crippen LogP contribution in [0.15, 0.2) is 35.2 Å². The maximum Gasteiger partial charge on any atom is 0.0544 e. The molecule has 2 rings (SSSR count). The third-order valence-corrected chi connectivity index (χ3v) is 4.57. The van der Waals surface area contributed by atoms with E-state index in [2.05, 4.69) is 59.6 Å². The first-order valence-corrected chi connectivity index (χ1v) is 8.36. The van der Waals surface area contributed by atoms with Gasteiger partial charge in [-0.15, -0.1) is 0 Å². The molecule has 20 heavy (non-hydrogen) atoms. The van der Waals surface area contributed by atoms with Gasteiger partial charge < -0.3 is 0 Å². The summed E-state index contributed by atoms with van der Waals surface area (Å²) in [5, 5.41) is 4.39. The van der Waals surface area contributed by atoms with Crippen molar-refractivity contribution in [3.05, 3.63) is 52.0 Å². The molecule has 0 aromatic carbocycles. The summed E-state index contributed by atoms with van der Waals surface area (Å²) < 4.78 is 0. The van der Waals surface area contributed by atoms with Gasteiger partial charge in [0.15, 0.2) is 0 Å². The van der Waals surface area contributed by atoms with Gasteiger partial charge in [-0.25, -0.2) is 0 Å². The van der Waals surface area contributed by atoms with Gasteiger partial charge in [0.25, 0.3) is 0 Å². The van der Waals surface area contributed by atoms with Gasteiger partial charge in [0.05, 0.1) is 5.69 Å². The molecule has 0 saturated carbocycles. The highest BCUT2D eigenvalue weighted by Gasteiger charge is 2.14. The SMILES string of the molecule is CCc1ccc(CN(Cc2ccsc2)[C@@H](C)CC)nc1. The predicted molar refractivity (Wildman–Crippen MR) is 86.9 cm³/mol. The molecule has 2 nitrogen and oxygen atoms in total. The van der Waals surface area contributed by atoms with Crippen molar-refractivity contribution < 1.29 is 0 Å². The van der Waals surface area contributed by atoms with Gasteiger partial charge in [0, 0.05) is 25.3 Å². The molecule has 0 saturated heterocycles. The Labute approximate surface area is 126 Å². The minimum atomic E-state index is 0.572. The Morgan fingerprint density at radius 2 is 2.00 bits per heavy atom. The number of nitrogens with zero attached hydrogens (tertiary/aromatic N) is 2. The maximum absolute atomic E-state index is 4.60. The molecule has 0 aliphatic carbocycles. The van der Waals surface area contributed by atoms with E-state index in [0.717, 1.165) is 31.6 Å². The molecule has 0 amide bonds. The van der Waals surface area contributed by atoms with Crippen molar-refractivity contribution in [3.63, 3.8) is 0 Å². The van der Waals surface area contributed by atoms with Crippen LogP contribution in [0.1, 0.15) is 44.0 Å². The van der Waals surface area contributed by atoms with Crippen molar-refractivity contribution in [3.8, 4) is 0 Å². The zero-order valence-electron chi connectivity index (χ0n) is 12.7. The summed E-state index contributed by atoms with van der Waals surface area (Å²) in [6.07, 6.45) is 4.23. The highest BCUT2D eigenvalue weighted by atomic mass is 32.1. The number of rotatable bonds is 7. The summed E-state index contributed by atoms with van der Waals surface area (Å²) in [7, 11) is 0. The molecule has 0 aliphatic rings. The number of pyridine rings is 1. The molecule has 0 bridgehead atoms. The molecular formula is C17H24N2S. The van der Waals surface area contributed by atoms with Crippen LogP contribution < -0.4 is 0 Å². The highest BCUT2D eigenvalue weighted by molar-refractivity contribution is 7.07. The number of thiophene rings is 1. The Hall–Kier alpha value is -1.19. The van der Waals surface area contributed by atoms with Crippen LogP contribution in [0.2, 0.25) is 0 Å². The molecule has 108 valence electrons. The van der Waals surface area contributed by atoms with E-state index >= 15 is 0 Å². The maximum atomic E-state index is 4.60. The molecule has 2 aromatic heterocycles. The van der Waals surface area contributed by atoms with Crippen molar-refractivity contribution in [2.75, 3.05) is 0 Å². The number of aryl methyl sites for hydroxylation is 1. The minimum absolute atomic E-state index is 0.572. The first-order chi connectivity index (χ1) is 9.72. The Morgan fingerprint density at radius 3 is 2.55 bits per heavy atom. The van der Waals surface area contributed by atoms with Crippen LogP contribution in [0.25, 0.3) is 0 Å². The lowest BCUT2D eigenvalue weighted by molar-refractivity contribution is 0.184. The van der Waals surface area contributed by atoms with Gasteiger partial charge in [-0.05, 0) is 53.8 Å². The fraction of sp³-hybridized carbons (Fsp3) is 0.471. The molecule has 0 unspecified atom stereocenters. The molecule has 0 N–H and O–H groups in total. The van der Waals surface area contributed by atoms with Gasteiger partial charge in [0.2, 0.25) is 0 Å². The Bertz CT molecular complexity index is 490. The van der Waals surface area contributed by atoms with Crippen LogP contribution in [0.3, 0.4) is 0 Å². The quantitative estimate of drug-likeness (QED) is 0.745. The van der Waals surface area contributed by atoms with Gasteiger partial charge in [-0.1, -0.05) is 19.9 Å². The van der Waals surface area contributed by atoms with Crippen molar-refractivity contribution >= 4 is 11.3 Å². The molecule has 2 heterocycles. The van der Waals surface area contributed by atoms with Gasteiger partial charge in [-0.3, -0.25) is 9.88 Å². The summed E-state index contributed by atoms with van der Waals surface area (Å²) in [4.78, 5) is 7.11. The van der Waals surface area contributed by atoms with Crippen molar-refractivity contribution in [1.82, 2.24) is 9.88 Å². The summed E-state index contributed by atoms with van der Waals surface area (Å²) in [6, 6.07) is 7.15. The van der Waals surface area contributed by atoms with E-state index in [9.17, 15) is 0 Å². The first kappa shape index (κ1) is 15.2. The second kappa shape index (κ2) is 7.55. The van der Waals surface area contributed by atoms with E-state index < -0.39 is 0 Å². The van der Waals surface area contributed by atoms with E-state index in [4.69, 9.17) is 0 Å². The normalized spacial score (nSPS) is 12.8. The van der Waals surface area contributed by atoms with E-state index in [0.29, 0.717) is 6.04 Å². The fourth-order valence-corrected chi connectivity index (χ4v) is 2.87. The van der Waals surface area contributed by atoms with Crippen molar-refractivity contribution in [1.29, 1.82) is 0 Å². The smallest absolute Gasteiger partial charge is 0.0544 e. The molecule has 0 radical (unpaired) electrons. The largest absolute Gasteiger partial charge is 0.291 e. The number of hydrogen-bond donors (Lipinski definition) is 0. The second-order valence-corrected chi connectivity index (χ2v) is 6.09. The zero-order chi connectivity index (χ0) is 14.4. The average Bonchev–Trinajstić information content (AvgIpc) is 2.99. The first-order valence-electron chi connectivity index (χ1n) is 7.41. The lowest BCUT2D eigenvalue weighted by atomic mass is 10.1. The highest BCUT2D eigenvalue weighted by Crippen LogP contribution is 2.16. The van der Waals surface area contributed by atoms with E-state index in [1.807, 2.05) is 6.20 Å². The lowest BCUT2D eigenvalue weighted by Crippen LogP contribution is -2.31. The summed E-state index contributed by atoms with van der Waals surface area (Å²) in [5.41, 5.74) is 3.87. The molecule has 0 fully saturated rings. The summed E-state index contributed by atoms with van der Waals surface area (Å²) in [5.74, 6) is 0. The Balaban J connectivity index is 2.06. The second-order valence-electron chi connectivity index (χ2n) is 5.31. The molecule has 0 spiro atoms. The van der Waals surface area contributed by atoms with Gasteiger partial charge in [0.1, 0.15) is 0 Å². The molecule has 2 aromatic rings. The van der Waals surface area contributed by atoms with Crippen LogP contribution in [0.5, 0.6) is 0 Å². The molecule has 1 atom stereocenters. The molecule has 0 aliphatic heterocycles. The van der Waals surface area contributed by atoms with Crippen molar-refractivity contribution in [2.45, 2.75) is 52.7 Å². The number of aromatic nitrogens is 1. The average molecular weight is 288 g/mol. The van der Waals surface area contributed by atoms with Crippen molar-refractivity contribution in [2.24, 2.45) is 0 Å². The summed E-state index contributed by atoms with van der Waals surface area (Å²) >= 11 is 1.77. The topological polar surface area (TPSA) is 16.1 Å². The van der Waals surface area contributed by atoms with Crippen LogP contribution in [0, 0.1) is 0 Å². The standard InChI is InChI=1S/C17H24N2S/c1-4-14(3)19(11-16-8-9-20-13-16)12-17-7-6-15(5-2)10-18-17/h6-10,13-14H,4-5,11-12H2,1-3H3/t14-/m0/s1. The molecular weight excluding hydrogens is 264 g/mol. The monoisotopic (exact) mass is 288 g/mol. The summed E-state index contributed by atoms with van der Waals surface area (Å²) in [6.45, 7) is 8.65. The van der Waals surface area contributed by atoms with Crippen LogP contribution in [0.4, 0.5) is 0 Å². The third kappa shape index (κ3) is 4.15. The van der Waals surface area contributed by atoms with Crippen LogP contribution in [-0.2, 0) is 19.5 Å². The third-order valence-electron chi connectivity index (χ3n) is 3.84. The zero-order valence-corrected chi connectivity index (χ0v) is 13.5. The minimum Gasteiger partial charge on any atom is -0.291 e. The Morgan fingerprint density at radius 1 is 1.15 bits per heavy atom. The fourth-order valence-electron chi connectivity index (χ4n) is 2.21. The lowest BCUT2D eigenvalue weighted by Gasteiger charge is -2.27. The van der Waals surface area contributed by atoms with Gasteiger partial charge >= 0.3 is 0 Å². The van der Waals surface area contributed by atoms with E-state index in [-0.39, 0.29) is 0 Å². The van der Waals surface area contributed by atoms with E-state index in [1.165, 1.54) is 11.1 Å². The van der Waals surface area contributed by atoms with Gasteiger partial charge in [-0.2, -0.15) is 11.3 Å². The van der Waals surface area contributed by atoms with Crippen LogP contribution >= 0.6 is 11.3 Å². The Kier molecular flexibility index (Phi) is 5.74. The predicted octanol–water partition coefficient (Wildman–Crippen LogP) is 4.51. The van der Waals surface area contributed by atoms with E-state index in [1.54, 1.807) is 11.3 Å². The van der Waals surface area contributed by atoms with Crippen LogP contribution in [-0.4, -0.2) is 15.9 Å².